The van der Waals surface area contributed by atoms with Crippen LogP contribution in [0.3, 0.4) is 0 Å². The van der Waals surface area contributed by atoms with Crippen molar-refractivity contribution in [2.45, 2.75) is 6.42 Å². The Morgan fingerprint density at radius 3 is 2.58 bits per heavy atom. The minimum absolute atomic E-state index is 0.247. The van der Waals surface area contributed by atoms with Crippen molar-refractivity contribution >= 4 is 26.6 Å². The normalized spacial score (nSPS) is 9.42. The Hall–Kier alpha value is -0.580. The molecule has 0 amide bonds. The maximum atomic E-state index is 10.4. The fourth-order valence-corrected chi connectivity index (χ4v) is 1.11. The van der Waals surface area contributed by atoms with Crippen LogP contribution in [0.25, 0.3) is 0 Å². The van der Waals surface area contributed by atoms with Gasteiger partial charge in [-0.1, -0.05) is 30.3 Å². The number of hydrogen-bond acceptors (Lipinski definition) is 2. The van der Waals surface area contributed by atoms with Gasteiger partial charge in [0.25, 0.3) is 0 Å². The second-order valence-electron chi connectivity index (χ2n) is 2.32. The van der Waals surface area contributed by atoms with Gasteiger partial charge < -0.3 is 4.74 Å². The van der Waals surface area contributed by atoms with Crippen molar-refractivity contribution < 1.29 is 9.53 Å². The minimum atomic E-state index is -0.247. The summed E-state index contributed by atoms with van der Waals surface area (Å²) in [6.45, 7) is 0.464. The lowest BCUT2D eigenvalue weighted by Crippen LogP contribution is -1.99. The van der Waals surface area contributed by atoms with E-state index in [-0.39, 0.29) is 3.98 Å². The summed E-state index contributed by atoms with van der Waals surface area (Å²) in [5.41, 5.74) is 1.19. The van der Waals surface area contributed by atoms with Gasteiger partial charge in [-0.2, -0.15) is 0 Å². The van der Waals surface area contributed by atoms with Crippen LogP contribution in [0.4, 0.5) is 4.79 Å². The van der Waals surface area contributed by atoms with Crippen molar-refractivity contribution in [2.24, 2.45) is 0 Å². The first kappa shape index (κ1) is 9.51. The molecule has 0 atom stereocenters. The Labute approximate surface area is 85.1 Å². The predicted molar refractivity (Wildman–Crippen MR) is 55.5 cm³/mol. The molecule has 0 saturated heterocycles. The lowest BCUT2D eigenvalue weighted by molar-refractivity contribution is 0.180. The molecule has 0 spiro atoms. The van der Waals surface area contributed by atoms with Crippen molar-refractivity contribution in [1.82, 2.24) is 0 Å². The summed E-state index contributed by atoms with van der Waals surface area (Å²) in [5.74, 6) is 0. The van der Waals surface area contributed by atoms with E-state index in [2.05, 4.69) is 0 Å². The Bertz CT molecular complexity index is 246. The summed E-state index contributed by atoms with van der Waals surface area (Å²) >= 11 is 1.62. The number of carbonyl (C=O) groups is 1. The molecule has 1 aromatic carbocycles. The van der Waals surface area contributed by atoms with Crippen LogP contribution in [0.1, 0.15) is 5.56 Å². The van der Waals surface area contributed by atoms with Gasteiger partial charge >= 0.3 is 3.98 Å². The van der Waals surface area contributed by atoms with E-state index >= 15 is 0 Å². The fourth-order valence-electron chi connectivity index (χ4n) is 0.894. The van der Waals surface area contributed by atoms with Crippen molar-refractivity contribution in [1.29, 1.82) is 0 Å². The Balaban J connectivity index is 2.29. The summed E-state index contributed by atoms with van der Waals surface area (Å²) in [5, 5.41) is 0. The highest BCUT2D eigenvalue weighted by Gasteiger charge is 1.95. The topological polar surface area (TPSA) is 26.3 Å². The zero-order valence-electron chi connectivity index (χ0n) is 6.50. The molecular weight excluding hydrogens is 267 g/mol. The molecule has 1 aromatic rings. The molecule has 0 unspecified atom stereocenters. The van der Waals surface area contributed by atoms with Gasteiger partial charge in [0.2, 0.25) is 0 Å². The first-order valence-corrected chi connectivity index (χ1v) is 4.73. The van der Waals surface area contributed by atoms with E-state index in [0.717, 1.165) is 6.42 Å². The fraction of sp³-hybridized carbons (Fsp3) is 0.222. The smallest absolute Gasteiger partial charge is 0.367 e. The third-order valence-corrected chi connectivity index (χ3v) is 1.76. The highest BCUT2D eigenvalue weighted by Crippen LogP contribution is 2.00. The van der Waals surface area contributed by atoms with Crippen LogP contribution in [0.5, 0.6) is 0 Å². The summed E-state index contributed by atoms with van der Waals surface area (Å²) in [6, 6.07) is 9.94. The molecule has 0 aromatic heterocycles. The van der Waals surface area contributed by atoms with Gasteiger partial charge in [0.1, 0.15) is 0 Å². The third-order valence-electron chi connectivity index (χ3n) is 1.45. The van der Waals surface area contributed by atoms with E-state index < -0.39 is 0 Å². The molecular formula is C9H9IO2. The molecule has 0 aliphatic heterocycles. The largest absolute Gasteiger partial charge is 0.458 e. The maximum absolute atomic E-state index is 10.4. The second-order valence-corrected chi connectivity index (χ2v) is 3.20. The quantitative estimate of drug-likeness (QED) is 0.626. The number of halogens is 1. The van der Waals surface area contributed by atoms with Gasteiger partial charge in [-0.05, 0) is 5.56 Å². The molecule has 64 valence electrons. The molecule has 0 aliphatic carbocycles. The minimum Gasteiger partial charge on any atom is -0.458 e. The van der Waals surface area contributed by atoms with E-state index in [9.17, 15) is 4.79 Å². The Morgan fingerprint density at radius 1 is 1.33 bits per heavy atom. The first-order valence-electron chi connectivity index (χ1n) is 3.65. The first-order chi connectivity index (χ1) is 5.79. The average molecular weight is 276 g/mol. The summed E-state index contributed by atoms with van der Waals surface area (Å²) in [4.78, 5) is 10.4. The van der Waals surface area contributed by atoms with Gasteiger partial charge in [0, 0.05) is 6.42 Å². The monoisotopic (exact) mass is 276 g/mol. The van der Waals surface area contributed by atoms with Crippen molar-refractivity contribution in [2.75, 3.05) is 6.61 Å². The summed E-state index contributed by atoms with van der Waals surface area (Å²) in [7, 11) is 0. The van der Waals surface area contributed by atoms with Crippen LogP contribution < -0.4 is 0 Å². The van der Waals surface area contributed by atoms with Gasteiger partial charge in [-0.25, -0.2) is 4.79 Å². The number of hydrogen-bond donors (Lipinski definition) is 0. The van der Waals surface area contributed by atoms with E-state index in [1.165, 1.54) is 5.56 Å². The molecule has 0 saturated carbocycles. The number of carbonyl (C=O) groups excluding carboxylic acids is 1. The second kappa shape index (κ2) is 5.13. The Kier molecular flexibility index (Phi) is 4.07. The van der Waals surface area contributed by atoms with Gasteiger partial charge in [-0.3, -0.25) is 0 Å². The van der Waals surface area contributed by atoms with Crippen molar-refractivity contribution in [3.05, 3.63) is 35.9 Å². The standard InChI is InChI=1S/C9H9IO2/c10-9(11)12-7-6-8-4-2-1-3-5-8/h1-5H,6-7H2. The zero-order chi connectivity index (χ0) is 8.81. The molecule has 0 N–H and O–H groups in total. The molecule has 0 radical (unpaired) electrons. The summed E-state index contributed by atoms with van der Waals surface area (Å²) < 4.78 is 4.55. The molecule has 1 rings (SSSR count). The number of ether oxygens (including phenoxy) is 1. The lowest BCUT2D eigenvalue weighted by Gasteiger charge is -2.00. The average Bonchev–Trinajstić information content (AvgIpc) is 2.05. The summed E-state index contributed by atoms with van der Waals surface area (Å²) in [6.07, 6.45) is 0.787. The molecule has 0 bridgehead atoms. The highest BCUT2D eigenvalue weighted by atomic mass is 127. The van der Waals surface area contributed by atoms with Crippen LogP contribution in [0.15, 0.2) is 30.3 Å². The van der Waals surface area contributed by atoms with Crippen LogP contribution >= 0.6 is 22.6 Å². The van der Waals surface area contributed by atoms with E-state index in [1.54, 1.807) is 22.6 Å². The molecule has 3 heteroatoms. The van der Waals surface area contributed by atoms with Gasteiger partial charge in [-0.15, -0.1) is 0 Å². The van der Waals surface area contributed by atoms with Crippen molar-refractivity contribution in [3.8, 4) is 0 Å². The van der Waals surface area contributed by atoms with Crippen LogP contribution in [0, 0.1) is 0 Å². The Morgan fingerprint density at radius 2 is 2.00 bits per heavy atom. The van der Waals surface area contributed by atoms with E-state index in [4.69, 9.17) is 4.74 Å². The molecule has 0 heterocycles. The molecule has 0 fully saturated rings. The van der Waals surface area contributed by atoms with Crippen LogP contribution in [-0.4, -0.2) is 10.6 Å². The van der Waals surface area contributed by atoms with Crippen LogP contribution in [0.2, 0.25) is 0 Å². The number of benzene rings is 1. The van der Waals surface area contributed by atoms with Crippen molar-refractivity contribution in [3.63, 3.8) is 0 Å². The predicted octanol–water partition coefficient (Wildman–Crippen LogP) is 2.80. The highest BCUT2D eigenvalue weighted by molar-refractivity contribution is 14.1. The SMILES string of the molecule is O=C(I)OCCc1ccccc1. The molecule has 12 heavy (non-hydrogen) atoms. The van der Waals surface area contributed by atoms with Gasteiger partial charge in [0.15, 0.2) is 0 Å². The third kappa shape index (κ3) is 3.71. The lowest BCUT2D eigenvalue weighted by atomic mass is 10.2. The zero-order valence-corrected chi connectivity index (χ0v) is 8.65. The number of rotatable bonds is 3. The van der Waals surface area contributed by atoms with Gasteiger partial charge in [0.05, 0.1) is 29.2 Å². The van der Waals surface area contributed by atoms with E-state index in [0.29, 0.717) is 6.61 Å². The molecule has 2 nitrogen and oxygen atoms in total. The maximum Gasteiger partial charge on any atom is 0.367 e. The van der Waals surface area contributed by atoms with E-state index in [1.807, 2.05) is 30.3 Å². The molecule has 0 aliphatic rings. The van der Waals surface area contributed by atoms with Crippen LogP contribution in [-0.2, 0) is 11.2 Å².